The number of carboxylic acid groups (broad SMARTS) is 1. The van der Waals surface area contributed by atoms with Crippen LogP contribution in [0.5, 0.6) is 0 Å². The van der Waals surface area contributed by atoms with Crippen LogP contribution in [0.2, 0.25) is 0 Å². The summed E-state index contributed by atoms with van der Waals surface area (Å²) < 4.78 is 0. The summed E-state index contributed by atoms with van der Waals surface area (Å²) in [5, 5.41) is 11.7. The average Bonchev–Trinajstić information content (AvgIpc) is 2.43. The molecule has 0 atom stereocenters. The van der Waals surface area contributed by atoms with E-state index in [4.69, 9.17) is 10.8 Å². The summed E-state index contributed by atoms with van der Waals surface area (Å²) in [6.45, 7) is 1.79. The number of rotatable bonds is 4. The van der Waals surface area contributed by atoms with Crippen LogP contribution in [0, 0.1) is 6.92 Å². The summed E-state index contributed by atoms with van der Waals surface area (Å²) in [5.41, 5.74) is 7.75. The van der Waals surface area contributed by atoms with Crippen LogP contribution in [0.15, 0.2) is 36.5 Å². The second kappa shape index (κ2) is 6.04. The average molecular weight is 285 g/mol. The molecule has 0 aliphatic rings. The Labute approximate surface area is 121 Å². The highest BCUT2D eigenvalue weighted by Gasteiger charge is 2.13. The molecule has 0 radical (unpaired) electrons. The fourth-order valence-electron chi connectivity index (χ4n) is 1.84. The zero-order valence-corrected chi connectivity index (χ0v) is 11.5. The number of nitrogen functional groups attached to an aromatic ring is 1. The van der Waals surface area contributed by atoms with Gasteiger partial charge in [0.25, 0.3) is 0 Å². The highest BCUT2D eigenvalue weighted by atomic mass is 16.4. The third-order valence-corrected chi connectivity index (χ3v) is 2.87. The summed E-state index contributed by atoms with van der Waals surface area (Å²) in [4.78, 5) is 27.2. The van der Waals surface area contributed by atoms with E-state index < -0.39 is 5.97 Å². The summed E-state index contributed by atoms with van der Waals surface area (Å²) in [6.07, 6.45) is 1.52. The summed E-state index contributed by atoms with van der Waals surface area (Å²) >= 11 is 0. The van der Waals surface area contributed by atoms with Crippen molar-refractivity contribution in [2.24, 2.45) is 0 Å². The maximum absolute atomic E-state index is 12.0. The monoisotopic (exact) mass is 285 g/mol. The third kappa shape index (κ3) is 3.79. The quantitative estimate of drug-likeness (QED) is 0.795. The molecular formula is C15H15N3O3. The summed E-state index contributed by atoms with van der Waals surface area (Å²) in [6, 6.07) is 8.14. The molecule has 1 heterocycles. The van der Waals surface area contributed by atoms with E-state index in [1.54, 1.807) is 31.2 Å². The SMILES string of the molecule is Cc1ccc(NC(=O)Cc2ccc(N)cn2)c(C(=O)O)c1. The van der Waals surface area contributed by atoms with E-state index in [0.717, 1.165) is 5.56 Å². The number of hydrogen-bond acceptors (Lipinski definition) is 4. The fourth-order valence-corrected chi connectivity index (χ4v) is 1.84. The number of anilines is 2. The predicted octanol–water partition coefficient (Wildman–Crippen LogP) is 1.85. The molecule has 0 saturated carbocycles. The first-order valence-electron chi connectivity index (χ1n) is 6.30. The van der Waals surface area contributed by atoms with Crippen molar-refractivity contribution in [1.82, 2.24) is 4.98 Å². The molecule has 1 aromatic heterocycles. The molecule has 1 amide bonds. The van der Waals surface area contributed by atoms with Crippen LogP contribution in [-0.4, -0.2) is 22.0 Å². The van der Waals surface area contributed by atoms with E-state index in [-0.39, 0.29) is 23.6 Å². The number of carbonyl (C=O) groups is 2. The first-order chi connectivity index (χ1) is 9.95. The molecule has 0 unspecified atom stereocenters. The molecule has 6 nitrogen and oxygen atoms in total. The highest BCUT2D eigenvalue weighted by molar-refractivity contribution is 6.01. The van der Waals surface area contributed by atoms with Gasteiger partial charge in [0.15, 0.2) is 0 Å². The van der Waals surface area contributed by atoms with Gasteiger partial charge in [-0.05, 0) is 31.2 Å². The number of aromatic nitrogens is 1. The minimum absolute atomic E-state index is 0.0488. The number of pyridine rings is 1. The Morgan fingerprint density at radius 3 is 2.67 bits per heavy atom. The minimum Gasteiger partial charge on any atom is -0.478 e. The van der Waals surface area contributed by atoms with Crippen LogP contribution in [0.1, 0.15) is 21.6 Å². The molecule has 0 aliphatic carbocycles. The summed E-state index contributed by atoms with van der Waals surface area (Å²) in [5.74, 6) is -1.42. The maximum atomic E-state index is 12.0. The molecule has 0 fully saturated rings. The molecule has 0 saturated heterocycles. The van der Waals surface area contributed by atoms with Crippen molar-refractivity contribution in [1.29, 1.82) is 0 Å². The Hall–Kier alpha value is -2.89. The van der Waals surface area contributed by atoms with Crippen LogP contribution in [-0.2, 0) is 11.2 Å². The second-order valence-electron chi connectivity index (χ2n) is 4.66. The van der Waals surface area contributed by atoms with E-state index in [0.29, 0.717) is 11.4 Å². The van der Waals surface area contributed by atoms with Gasteiger partial charge in [0.2, 0.25) is 5.91 Å². The van der Waals surface area contributed by atoms with Gasteiger partial charge < -0.3 is 16.2 Å². The van der Waals surface area contributed by atoms with E-state index in [2.05, 4.69) is 10.3 Å². The van der Waals surface area contributed by atoms with Crippen molar-refractivity contribution >= 4 is 23.3 Å². The Bertz CT molecular complexity index is 681. The summed E-state index contributed by atoms with van der Waals surface area (Å²) in [7, 11) is 0. The number of hydrogen-bond donors (Lipinski definition) is 3. The van der Waals surface area contributed by atoms with Crippen LogP contribution in [0.4, 0.5) is 11.4 Å². The number of aryl methyl sites for hydroxylation is 1. The van der Waals surface area contributed by atoms with E-state index >= 15 is 0 Å². The third-order valence-electron chi connectivity index (χ3n) is 2.87. The molecule has 0 aliphatic heterocycles. The lowest BCUT2D eigenvalue weighted by Gasteiger charge is -2.09. The van der Waals surface area contributed by atoms with Gasteiger partial charge in [0.05, 0.1) is 29.6 Å². The molecule has 108 valence electrons. The first kappa shape index (κ1) is 14.5. The number of nitrogens with zero attached hydrogens (tertiary/aromatic N) is 1. The molecule has 0 bridgehead atoms. The highest BCUT2D eigenvalue weighted by Crippen LogP contribution is 2.17. The van der Waals surface area contributed by atoms with Gasteiger partial charge in [-0.15, -0.1) is 0 Å². The minimum atomic E-state index is -1.08. The van der Waals surface area contributed by atoms with Crippen molar-refractivity contribution < 1.29 is 14.7 Å². The fraction of sp³-hybridized carbons (Fsp3) is 0.133. The molecule has 6 heteroatoms. The first-order valence-corrected chi connectivity index (χ1v) is 6.30. The lowest BCUT2D eigenvalue weighted by molar-refractivity contribution is -0.115. The van der Waals surface area contributed by atoms with Crippen molar-refractivity contribution in [2.75, 3.05) is 11.1 Å². The maximum Gasteiger partial charge on any atom is 0.337 e. The molecule has 2 aromatic rings. The molecule has 4 N–H and O–H groups in total. The normalized spacial score (nSPS) is 10.1. The predicted molar refractivity (Wildman–Crippen MR) is 79.1 cm³/mol. The molecular weight excluding hydrogens is 270 g/mol. The number of nitrogens with one attached hydrogen (secondary N) is 1. The zero-order valence-electron chi connectivity index (χ0n) is 11.5. The van der Waals surface area contributed by atoms with Gasteiger partial charge in [-0.25, -0.2) is 4.79 Å². The van der Waals surface area contributed by atoms with Crippen LogP contribution in [0.25, 0.3) is 0 Å². The van der Waals surface area contributed by atoms with Crippen LogP contribution < -0.4 is 11.1 Å². The standard InChI is InChI=1S/C15H15N3O3/c1-9-2-5-13(12(6-9)15(20)21)18-14(19)7-11-4-3-10(16)8-17-11/h2-6,8H,7,16H2,1H3,(H,18,19)(H,20,21). The number of carboxylic acids is 1. The van der Waals surface area contributed by atoms with Gasteiger partial charge in [-0.1, -0.05) is 11.6 Å². The van der Waals surface area contributed by atoms with Gasteiger partial charge in [0, 0.05) is 5.69 Å². The van der Waals surface area contributed by atoms with Crippen LogP contribution >= 0.6 is 0 Å². The zero-order chi connectivity index (χ0) is 15.4. The van der Waals surface area contributed by atoms with Gasteiger partial charge in [-0.2, -0.15) is 0 Å². The van der Waals surface area contributed by atoms with E-state index in [9.17, 15) is 9.59 Å². The van der Waals surface area contributed by atoms with Crippen LogP contribution in [0.3, 0.4) is 0 Å². The molecule has 0 spiro atoms. The number of carbonyl (C=O) groups excluding carboxylic acids is 1. The van der Waals surface area contributed by atoms with E-state index in [1.807, 2.05) is 0 Å². The van der Waals surface area contributed by atoms with E-state index in [1.165, 1.54) is 12.3 Å². The number of aromatic carboxylic acids is 1. The van der Waals surface area contributed by atoms with Crippen molar-refractivity contribution in [3.63, 3.8) is 0 Å². The van der Waals surface area contributed by atoms with Gasteiger partial charge in [0.1, 0.15) is 0 Å². The van der Waals surface area contributed by atoms with Gasteiger partial charge in [-0.3, -0.25) is 9.78 Å². The molecule has 21 heavy (non-hydrogen) atoms. The Kier molecular flexibility index (Phi) is 4.18. The number of nitrogens with two attached hydrogens (primary N) is 1. The Balaban J connectivity index is 2.12. The molecule has 2 rings (SSSR count). The van der Waals surface area contributed by atoms with Crippen molar-refractivity contribution in [3.05, 3.63) is 53.3 Å². The molecule has 1 aromatic carbocycles. The van der Waals surface area contributed by atoms with Crippen molar-refractivity contribution in [3.8, 4) is 0 Å². The Morgan fingerprint density at radius 1 is 1.29 bits per heavy atom. The lowest BCUT2D eigenvalue weighted by atomic mass is 10.1. The van der Waals surface area contributed by atoms with Crippen molar-refractivity contribution in [2.45, 2.75) is 13.3 Å². The second-order valence-corrected chi connectivity index (χ2v) is 4.66. The van der Waals surface area contributed by atoms with Gasteiger partial charge >= 0.3 is 5.97 Å². The largest absolute Gasteiger partial charge is 0.478 e. The number of benzene rings is 1. The lowest BCUT2D eigenvalue weighted by Crippen LogP contribution is -2.17. The topological polar surface area (TPSA) is 105 Å². The number of amides is 1. The smallest absolute Gasteiger partial charge is 0.337 e. The Morgan fingerprint density at radius 2 is 2.05 bits per heavy atom.